The SMILES string of the molecule is NS(=O)(=O)c1ccc(-n2nc(-c3cc(F)ccc3F)cc2-c2ccc(Cl)cc2)cc1. The van der Waals surface area contributed by atoms with Crippen LogP contribution in [-0.4, -0.2) is 18.2 Å². The average Bonchev–Trinajstić information content (AvgIpc) is 3.15. The highest BCUT2D eigenvalue weighted by Gasteiger charge is 2.17. The molecule has 5 nitrogen and oxygen atoms in total. The molecule has 1 heterocycles. The van der Waals surface area contributed by atoms with Crippen molar-refractivity contribution in [3.8, 4) is 28.2 Å². The average molecular weight is 446 g/mol. The second-order valence-corrected chi connectivity index (χ2v) is 8.49. The molecule has 0 unspecified atom stereocenters. The molecule has 0 saturated heterocycles. The van der Waals surface area contributed by atoms with Gasteiger partial charge in [0, 0.05) is 16.1 Å². The molecular weight excluding hydrogens is 432 g/mol. The van der Waals surface area contributed by atoms with Gasteiger partial charge >= 0.3 is 0 Å². The van der Waals surface area contributed by atoms with E-state index in [9.17, 15) is 17.2 Å². The van der Waals surface area contributed by atoms with Crippen LogP contribution in [0.15, 0.2) is 77.7 Å². The number of rotatable bonds is 4. The van der Waals surface area contributed by atoms with Crippen molar-refractivity contribution in [2.75, 3.05) is 0 Å². The summed E-state index contributed by atoms with van der Waals surface area (Å²) >= 11 is 5.97. The number of nitrogens with two attached hydrogens (primary N) is 1. The number of halogens is 3. The molecule has 4 aromatic rings. The lowest BCUT2D eigenvalue weighted by Crippen LogP contribution is -2.12. The van der Waals surface area contributed by atoms with Crippen LogP contribution < -0.4 is 5.14 Å². The highest BCUT2D eigenvalue weighted by Crippen LogP contribution is 2.31. The minimum atomic E-state index is -3.85. The summed E-state index contributed by atoms with van der Waals surface area (Å²) in [7, 11) is -3.85. The fraction of sp³-hybridized carbons (Fsp3) is 0. The lowest BCUT2D eigenvalue weighted by atomic mass is 10.1. The van der Waals surface area contributed by atoms with Gasteiger partial charge in [-0.05, 0) is 60.7 Å². The van der Waals surface area contributed by atoms with Gasteiger partial charge in [-0.15, -0.1) is 0 Å². The number of aromatic nitrogens is 2. The fourth-order valence-corrected chi connectivity index (χ4v) is 3.65. The summed E-state index contributed by atoms with van der Waals surface area (Å²) in [5, 5.41) is 10.1. The molecule has 0 radical (unpaired) electrons. The van der Waals surface area contributed by atoms with E-state index in [0.29, 0.717) is 16.4 Å². The molecule has 2 N–H and O–H groups in total. The maximum absolute atomic E-state index is 14.3. The van der Waals surface area contributed by atoms with Crippen molar-refractivity contribution in [2.45, 2.75) is 4.90 Å². The quantitative estimate of drug-likeness (QED) is 0.490. The van der Waals surface area contributed by atoms with Crippen molar-refractivity contribution in [1.29, 1.82) is 0 Å². The zero-order valence-corrected chi connectivity index (χ0v) is 16.8. The van der Waals surface area contributed by atoms with Crippen LogP contribution in [0.5, 0.6) is 0 Å². The summed E-state index contributed by atoms with van der Waals surface area (Å²) in [4.78, 5) is -0.0529. The first-order chi connectivity index (χ1) is 14.2. The first-order valence-electron chi connectivity index (χ1n) is 8.67. The second-order valence-electron chi connectivity index (χ2n) is 6.50. The molecule has 30 heavy (non-hydrogen) atoms. The topological polar surface area (TPSA) is 78.0 Å². The van der Waals surface area contributed by atoms with Crippen molar-refractivity contribution in [3.63, 3.8) is 0 Å². The predicted molar refractivity (Wildman–Crippen MR) is 111 cm³/mol. The van der Waals surface area contributed by atoms with Crippen LogP contribution in [0.1, 0.15) is 0 Å². The van der Waals surface area contributed by atoms with Gasteiger partial charge < -0.3 is 0 Å². The minimum absolute atomic E-state index is 0.00474. The Morgan fingerprint density at radius 3 is 2.20 bits per heavy atom. The highest BCUT2D eigenvalue weighted by molar-refractivity contribution is 7.89. The Morgan fingerprint density at radius 2 is 1.57 bits per heavy atom. The van der Waals surface area contributed by atoms with Crippen LogP contribution in [0.3, 0.4) is 0 Å². The number of hydrogen-bond donors (Lipinski definition) is 1. The maximum Gasteiger partial charge on any atom is 0.238 e. The predicted octanol–water partition coefficient (Wildman–Crippen LogP) is 4.79. The molecule has 0 spiro atoms. The number of benzene rings is 3. The van der Waals surface area contributed by atoms with E-state index in [1.54, 1.807) is 30.3 Å². The third kappa shape index (κ3) is 3.97. The van der Waals surface area contributed by atoms with Gasteiger partial charge in [0.25, 0.3) is 0 Å². The minimum Gasteiger partial charge on any atom is -0.232 e. The molecule has 0 aliphatic rings. The summed E-state index contributed by atoms with van der Waals surface area (Å²) in [6, 6.07) is 17.4. The van der Waals surface area contributed by atoms with Crippen LogP contribution in [0.4, 0.5) is 8.78 Å². The monoisotopic (exact) mass is 445 g/mol. The summed E-state index contributed by atoms with van der Waals surface area (Å²) < 4.78 is 52.6. The Hall–Kier alpha value is -3.07. The van der Waals surface area contributed by atoms with Crippen LogP contribution in [0, 0.1) is 11.6 Å². The van der Waals surface area contributed by atoms with E-state index in [2.05, 4.69) is 5.10 Å². The lowest BCUT2D eigenvalue weighted by molar-refractivity contribution is 0.597. The normalized spacial score (nSPS) is 11.6. The smallest absolute Gasteiger partial charge is 0.232 e. The zero-order chi connectivity index (χ0) is 21.5. The van der Waals surface area contributed by atoms with E-state index in [1.165, 1.54) is 28.9 Å². The van der Waals surface area contributed by atoms with E-state index in [0.717, 1.165) is 23.8 Å². The van der Waals surface area contributed by atoms with Gasteiger partial charge in [-0.2, -0.15) is 5.10 Å². The number of primary sulfonamides is 1. The Morgan fingerprint density at radius 1 is 0.900 bits per heavy atom. The van der Waals surface area contributed by atoms with Gasteiger partial charge in [-0.3, -0.25) is 0 Å². The highest BCUT2D eigenvalue weighted by atomic mass is 35.5. The maximum atomic E-state index is 14.3. The third-order valence-corrected chi connectivity index (χ3v) is 5.64. The molecule has 9 heteroatoms. The molecule has 0 fully saturated rings. The fourth-order valence-electron chi connectivity index (χ4n) is 3.01. The molecule has 0 aliphatic carbocycles. The van der Waals surface area contributed by atoms with E-state index in [-0.39, 0.29) is 16.2 Å². The van der Waals surface area contributed by atoms with Gasteiger partial charge in [0.15, 0.2) is 0 Å². The Balaban J connectivity index is 1.91. The zero-order valence-electron chi connectivity index (χ0n) is 15.3. The summed E-state index contributed by atoms with van der Waals surface area (Å²) in [5.74, 6) is -1.21. The van der Waals surface area contributed by atoms with Gasteiger partial charge in [-0.25, -0.2) is 27.0 Å². The third-order valence-electron chi connectivity index (χ3n) is 4.46. The first-order valence-corrected chi connectivity index (χ1v) is 10.6. The van der Waals surface area contributed by atoms with Crippen LogP contribution >= 0.6 is 11.6 Å². The van der Waals surface area contributed by atoms with Gasteiger partial charge in [0.1, 0.15) is 11.6 Å². The van der Waals surface area contributed by atoms with E-state index >= 15 is 0 Å². The van der Waals surface area contributed by atoms with Crippen molar-refractivity contribution in [3.05, 3.63) is 89.5 Å². The Bertz CT molecular complexity index is 1340. The van der Waals surface area contributed by atoms with Crippen LogP contribution in [0.25, 0.3) is 28.2 Å². The van der Waals surface area contributed by atoms with Gasteiger partial charge in [0.2, 0.25) is 10.0 Å². The largest absolute Gasteiger partial charge is 0.238 e. The van der Waals surface area contributed by atoms with Crippen LogP contribution in [-0.2, 0) is 10.0 Å². The van der Waals surface area contributed by atoms with Crippen molar-refractivity contribution >= 4 is 21.6 Å². The standard InChI is InChI=1S/C21H14ClF2N3O2S/c22-14-3-1-13(2-4-14)21-12-20(18-11-15(23)5-10-19(18)24)26-27(21)16-6-8-17(9-7-16)30(25,28)29/h1-12H,(H2,25,28,29). The summed E-state index contributed by atoms with van der Waals surface area (Å²) in [6.45, 7) is 0. The number of hydrogen-bond acceptors (Lipinski definition) is 3. The van der Waals surface area contributed by atoms with Gasteiger partial charge in [0.05, 0.1) is 22.0 Å². The molecule has 0 saturated carbocycles. The molecule has 0 bridgehead atoms. The molecule has 1 aromatic heterocycles. The number of nitrogens with zero attached hydrogens (tertiary/aromatic N) is 2. The Kier molecular flexibility index (Phi) is 5.15. The van der Waals surface area contributed by atoms with Crippen molar-refractivity contribution in [2.24, 2.45) is 5.14 Å². The molecular formula is C21H14ClF2N3O2S. The second kappa shape index (κ2) is 7.64. The Labute approximate surface area is 176 Å². The van der Waals surface area contributed by atoms with E-state index in [1.807, 2.05) is 0 Å². The molecule has 0 amide bonds. The number of sulfonamides is 1. The molecule has 0 atom stereocenters. The van der Waals surface area contributed by atoms with Crippen LogP contribution in [0.2, 0.25) is 5.02 Å². The summed E-state index contributed by atoms with van der Waals surface area (Å²) in [5.41, 5.74) is 2.03. The van der Waals surface area contributed by atoms with Gasteiger partial charge in [-0.1, -0.05) is 23.7 Å². The lowest BCUT2D eigenvalue weighted by Gasteiger charge is -2.08. The molecule has 0 aliphatic heterocycles. The van der Waals surface area contributed by atoms with Crippen molar-refractivity contribution in [1.82, 2.24) is 9.78 Å². The van der Waals surface area contributed by atoms with Crippen molar-refractivity contribution < 1.29 is 17.2 Å². The van der Waals surface area contributed by atoms with E-state index < -0.39 is 21.7 Å². The summed E-state index contributed by atoms with van der Waals surface area (Å²) in [6.07, 6.45) is 0. The molecule has 152 valence electrons. The first kappa shape index (κ1) is 20.2. The molecule has 4 rings (SSSR count). The van der Waals surface area contributed by atoms with E-state index in [4.69, 9.17) is 16.7 Å². The molecule has 3 aromatic carbocycles.